The molecule has 1 aromatic rings. The summed E-state index contributed by atoms with van der Waals surface area (Å²) < 4.78 is 0. The number of nitrogens with zero attached hydrogens (tertiary/aromatic N) is 1. The van der Waals surface area contributed by atoms with E-state index >= 15 is 0 Å². The number of pyridine rings is 1. The summed E-state index contributed by atoms with van der Waals surface area (Å²) in [5.74, 6) is 1.67. The number of carbonyl (C=O) groups is 1. The third kappa shape index (κ3) is 2.38. The van der Waals surface area contributed by atoms with Crippen molar-refractivity contribution >= 4 is 23.4 Å². The molecule has 0 saturated carbocycles. The van der Waals surface area contributed by atoms with E-state index in [1.807, 2.05) is 0 Å². The summed E-state index contributed by atoms with van der Waals surface area (Å²) >= 11 is 5.75. The maximum absolute atomic E-state index is 10.5. The highest BCUT2D eigenvalue weighted by molar-refractivity contribution is 6.33. The van der Waals surface area contributed by atoms with E-state index < -0.39 is 5.97 Å². The van der Waals surface area contributed by atoms with Gasteiger partial charge in [0.2, 0.25) is 0 Å². The maximum atomic E-state index is 10.5. The van der Waals surface area contributed by atoms with Gasteiger partial charge in [-0.25, -0.2) is 9.78 Å². The van der Waals surface area contributed by atoms with Crippen molar-refractivity contribution in [2.75, 3.05) is 11.9 Å². The zero-order chi connectivity index (χ0) is 10.6. The summed E-state index contributed by atoms with van der Waals surface area (Å²) in [5.41, 5.74) is 0.0428. The fraction of sp³-hybridized carbons (Fsp3) is 0.111. The summed E-state index contributed by atoms with van der Waals surface area (Å²) in [4.78, 5) is 14.3. The van der Waals surface area contributed by atoms with Gasteiger partial charge in [0.15, 0.2) is 0 Å². The number of halogens is 1. The molecule has 14 heavy (non-hydrogen) atoms. The molecule has 2 N–H and O–H groups in total. The lowest BCUT2D eigenvalue weighted by atomic mass is 10.3. The minimum atomic E-state index is -1.07. The zero-order valence-corrected chi connectivity index (χ0v) is 7.88. The van der Waals surface area contributed by atoms with Crippen LogP contribution in [0, 0.1) is 12.3 Å². The zero-order valence-electron chi connectivity index (χ0n) is 7.12. The van der Waals surface area contributed by atoms with Crippen molar-refractivity contribution in [3.63, 3.8) is 0 Å². The number of carboxylic acids is 1. The van der Waals surface area contributed by atoms with Gasteiger partial charge in [-0.2, -0.15) is 0 Å². The molecule has 0 radical (unpaired) electrons. The summed E-state index contributed by atoms with van der Waals surface area (Å²) in [6.45, 7) is 0.291. The van der Waals surface area contributed by atoms with E-state index in [1.54, 1.807) is 0 Å². The molecular weight excluding hydrogens is 204 g/mol. The molecule has 0 aromatic carbocycles. The minimum Gasteiger partial charge on any atom is -0.478 e. The molecule has 1 aromatic heterocycles. The van der Waals surface area contributed by atoms with Crippen LogP contribution in [-0.2, 0) is 0 Å². The van der Waals surface area contributed by atoms with Gasteiger partial charge in [-0.05, 0) is 6.07 Å². The van der Waals surface area contributed by atoms with Gasteiger partial charge in [0.05, 0.1) is 17.1 Å². The molecule has 5 heteroatoms. The van der Waals surface area contributed by atoms with Gasteiger partial charge >= 0.3 is 5.97 Å². The summed E-state index contributed by atoms with van der Waals surface area (Å²) in [6, 6.07) is 1.32. The van der Waals surface area contributed by atoms with Crippen LogP contribution in [0.2, 0.25) is 5.02 Å². The van der Waals surface area contributed by atoms with Gasteiger partial charge in [0, 0.05) is 6.20 Å². The molecule has 0 aliphatic rings. The molecule has 4 nitrogen and oxygen atoms in total. The van der Waals surface area contributed by atoms with Crippen LogP contribution < -0.4 is 5.32 Å². The van der Waals surface area contributed by atoms with Crippen LogP contribution >= 0.6 is 11.6 Å². The highest BCUT2D eigenvalue weighted by Crippen LogP contribution is 2.19. The summed E-state index contributed by atoms with van der Waals surface area (Å²) in [5, 5.41) is 11.6. The van der Waals surface area contributed by atoms with E-state index in [0.29, 0.717) is 12.4 Å². The Labute approximate surface area is 85.9 Å². The van der Waals surface area contributed by atoms with E-state index in [4.69, 9.17) is 23.1 Å². The highest BCUT2D eigenvalue weighted by atomic mass is 35.5. The average Bonchev–Trinajstić information content (AvgIpc) is 2.15. The Kier molecular flexibility index (Phi) is 3.32. The Bertz CT molecular complexity index is 398. The Balaban J connectivity index is 2.91. The summed E-state index contributed by atoms with van der Waals surface area (Å²) in [7, 11) is 0. The fourth-order valence-electron chi connectivity index (χ4n) is 0.820. The SMILES string of the molecule is C#CCNc1ncc(C(=O)O)cc1Cl. The number of aromatic nitrogens is 1. The first kappa shape index (κ1) is 10.4. The number of aromatic carboxylic acids is 1. The molecule has 72 valence electrons. The Morgan fingerprint density at radius 3 is 3.00 bits per heavy atom. The Morgan fingerprint density at radius 1 is 1.79 bits per heavy atom. The van der Waals surface area contributed by atoms with E-state index in [2.05, 4.69) is 16.2 Å². The number of carboxylic acid groups (broad SMARTS) is 1. The van der Waals surface area contributed by atoms with Crippen molar-refractivity contribution in [2.45, 2.75) is 0 Å². The van der Waals surface area contributed by atoms with Gasteiger partial charge in [-0.15, -0.1) is 6.42 Å². The van der Waals surface area contributed by atoms with Crippen molar-refractivity contribution in [3.8, 4) is 12.3 Å². The first-order valence-electron chi connectivity index (χ1n) is 3.71. The monoisotopic (exact) mass is 210 g/mol. The smallest absolute Gasteiger partial charge is 0.337 e. The van der Waals surface area contributed by atoms with Crippen LogP contribution in [0.4, 0.5) is 5.82 Å². The topological polar surface area (TPSA) is 62.2 Å². The maximum Gasteiger partial charge on any atom is 0.337 e. The van der Waals surface area contributed by atoms with E-state index in [-0.39, 0.29) is 10.6 Å². The van der Waals surface area contributed by atoms with Crippen LogP contribution in [0.1, 0.15) is 10.4 Å². The van der Waals surface area contributed by atoms with Crippen molar-refractivity contribution < 1.29 is 9.90 Å². The fourth-order valence-corrected chi connectivity index (χ4v) is 1.05. The van der Waals surface area contributed by atoms with Crippen LogP contribution in [0.15, 0.2) is 12.3 Å². The van der Waals surface area contributed by atoms with Gasteiger partial charge in [0.25, 0.3) is 0 Å². The predicted molar refractivity (Wildman–Crippen MR) is 53.5 cm³/mol. The summed E-state index contributed by atoms with van der Waals surface area (Å²) in [6.07, 6.45) is 6.24. The van der Waals surface area contributed by atoms with E-state index in [9.17, 15) is 4.79 Å². The predicted octanol–water partition coefficient (Wildman–Crippen LogP) is 1.48. The van der Waals surface area contributed by atoms with Crippen molar-refractivity contribution in [2.24, 2.45) is 0 Å². The molecule has 0 amide bonds. The molecule has 1 heterocycles. The second-order valence-electron chi connectivity index (χ2n) is 2.42. The van der Waals surface area contributed by atoms with Crippen LogP contribution in [-0.4, -0.2) is 22.6 Å². The number of rotatable bonds is 3. The van der Waals surface area contributed by atoms with Crippen LogP contribution in [0.5, 0.6) is 0 Å². The number of hydrogen-bond acceptors (Lipinski definition) is 3. The standard InChI is InChI=1S/C9H7ClN2O2/c1-2-3-11-8-7(10)4-6(5-12-8)9(13)14/h1,4-5H,3H2,(H,11,12)(H,13,14). The van der Waals surface area contributed by atoms with Crippen LogP contribution in [0.3, 0.4) is 0 Å². The number of terminal acetylenes is 1. The molecule has 0 aliphatic carbocycles. The first-order chi connectivity index (χ1) is 6.65. The third-order valence-electron chi connectivity index (χ3n) is 1.45. The molecule has 0 unspecified atom stereocenters. The van der Waals surface area contributed by atoms with Gasteiger partial charge < -0.3 is 10.4 Å². The molecule has 0 atom stereocenters. The Morgan fingerprint density at radius 2 is 2.50 bits per heavy atom. The van der Waals surface area contributed by atoms with Gasteiger partial charge in [-0.3, -0.25) is 0 Å². The minimum absolute atomic E-state index is 0.0428. The second-order valence-corrected chi connectivity index (χ2v) is 2.82. The molecule has 0 aliphatic heterocycles. The average molecular weight is 211 g/mol. The molecule has 0 saturated heterocycles. The number of anilines is 1. The van der Waals surface area contributed by atoms with Crippen molar-refractivity contribution in [3.05, 3.63) is 22.8 Å². The molecular formula is C9H7ClN2O2. The van der Waals surface area contributed by atoms with E-state index in [0.717, 1.165) is 0 Å². The first-order valence-corrected chi connectivity index (χ1v) is 4.09. The number of nitrogens with one attached hydrogen (secondary N) is 1. The third-order valence-corrected chi connectivity index (χ3v) is 1.73. The molecule has 1 rings (SSSR count). The van der Waals surface area contributed by atoms with Gasteiger partial charge in [-0.1, -0.05) is 17.5 Å². The second kappa shape index (κ2) is 4.49. The molecule has 0 bridgehead atoms. The van der Waals surface area contributed by atoms with Crippen molar-refractivity contribution in [1.82, 2.24) is 4.98 Å². The Hall–Kier alpha value is -1.73. The van der Waals surface area contributed by atoms with Crippen molar-refractivity contribution in [1.29, 1.82) is 0 Å². The number of hydrogen-bond donors (Lipinski definition) is 2. The quantitative estimate of drug-likeness (QED) is 0.742. The lowest BCUT2D eigenvalue weighted by Crippen LogP contribution is -2.04. The van der Waals surface area contributed by atoms with Crippen LogP contribution in [0.25, 0.3) is 0 Å². The lowest BCUT2D eigenvalue weighted by molar-refractivity contribution is 0.0696. The lowest BCUT2D eigenvalue weighted by Gasteiger charge is -2.04. The largest absolute Gasteiger partial charge is 0.478 e. The molecule has 0 spiro atoms. The van der Waals surface area contributed by atoms with Gasteiger partial charge in [0.1, 0.15) is 5.82 Å². The van der Waals surface area contributed by atoms with E-state index in [1.165, 1.54) is 12.3 Å². The normalized spacial score (nSPS) is 9.14. The highest BCUT2D eigenvalue weighted by Gasteiger charge is 2.07. The molecule has 0 fully saturated rings.